The van der Waals surface area contributed by atoms with E-state index in [2.05, 4.69) is 0 Å². The highest BCUT2D eigenvalue weighted by Crippen LogP contribution is 2.23. The first kappa shape index (κ1) is 17.1. The van der Waals surface area contributed by atoms with E-state index < -0.39 is 5.41 Å². The van der Waals surface area contributed by atoms with Gasteiger partial charge in [0.15, 0.2) is 12.6 Å². The SMILES string of the molecule is OCC(CO)(COC1CCCCO1)COC1CCCCO1. The molecule has 0 radical (unpaired) electrons. The lowest BCUT2D eigenvalue weighted by Gasteiger charge is -2.34. The second-order valence-electron chi connectivity index (χ2n) is 6.03. The number of hydrogen-bond donors (Lipinski definition) is 2. The van der Waals surface area contributed by atoms with E-state index >= 15 is 0 Å². The van der Waals surface area contributed by atoms with Gasteiger partial charge in [-0.25, -0.2) is 0 Å². The van der Waals surface area contributed by atoms with Gasteiger partial charge in [-0.05, 0) is 38.5 Å². The molecule has 2 aliphatic heterocycles. The van der Waals surface area contributed by atoms with Gasteiger partial charge in [0.25, 0.3) is 0 Å². The van der Waals surface area contributed by atoms with Gasteiger partial charge in [0.05, 0.1) is 31.8 Å². The normalized spacial score (nSPS) is 27.7. The van der Waals surface area contributed by atoms with E-state index in [1.807, 2.05) is 0 Å². The van der Waals surface area contributed by atoms with Gasteiger partial charge in [0, 0.05) is 13.2 Å². The third kappa shape index (κ3) is 5.47. The quantitative estimate of drug-likeness (QED) is 0.698. The average Bonchev–Trinajstić information content (AvgIpc) is 2.58. The molecule has 0 aromatic heterocycles. The van der Waals surface area contributed by atoms with Crippen LogP contribution in [0, 0.1) is 5.41 Å². The lowest BCUT2D eigenvalue weighted by molar-refractivity contribution is -0.218. The Balaban J connectivity index is 1.76. The molecule has 0 saturated carbocycles. The van der Waals surface area contributed by atoms with Gasteiger partial charge in [-0.2, -0.15) is 0 Å². The maximum Gasteiger partial charge on any atom is 0.157 e. The largest absolute Gasteiger partial charge is 0.396 e. The number of aliphatic hydroxyl groups excluding tert-OH is 2. The Labute approximate surface area is 126 Å². The van der Waals surface area contributed by atoms with E-state index in [-0.39, 0.29) is 39.0 Å². The minimum atomic E-state index is -0.804. The molecule has 2 unspecified atom stereocenters. The van der Waals surface area contributed by atoms with E-state index in [9.17, 15) is 10.2 Å². The van der Waals surface area contributed by atoms with E-state index in [4.69, 9.17) is 18.9 Å². The Bertz CT molecular complexity index is 245. The van der Waals surface area contributed by atoms with Crippen molar-refractivity contribution in [2.75, 3.05) is 39.6 Å². The van der Waals surface area contributed by atoms with Crippen molar-refractivity contribution in [1.29, 1.82) is 0 Å². The van der Waals surface area contributed by atoms with Crippen molar-refractivity contribution in [3.8, 4) is 0 Å². The maximum atomic E-state index is 9.63. The lowest BCUT2D eigenvalue weighted by Crippen LogP contribution is -2.43. The van der Waals surface area contributed by atoms with Crippen molar-refractivity contribution >= 4 is 0 Å². The predicted octanol–water partition coefficient (Wildman–Crippen LogP) is 1.04. The fourth-order valence-corrected chi connectivity index (χ4v) is 2.50. The Morgan fingerprint density at radius 3 is 1.62 bits per heavy atom. The van der Waals surface area contributed by atoms with E-state index in [0.717, 1.165) is 38.5 Å². The third-order valence-corrected chi connectivity index (χ3v) is 4.10. The molecule has 6 nitrogen and oxygen atoms in total. The molecule has 0 bridgehead atoms. The van der Waals surface area contributed by atoms with Crippen LogP contribution in [0.2, 0.25) is 0 Å². The van der Waals surface area contributed by atoms with Crippen molar-refractivity contribution in [1.82, 2.24) is 0 Å². The molecule has 2 saturated heterocycles. The number of ether oxygens (including phenoxy) is 4. The van der Waals surface area contributed by atoms with Gasteiger partial charge in [-0.1, -0.05) is 0 Å². The van der Waals surface area contributed by atoms with Gasteiger partial charge in [-0.15, -0.1) is 0 Å². The van der Waals surface area contributed by atoms with Crippen LogP contribution in [0.15, 0.2) is 0 Å². The number of rotatable bonds is 8. The first-order valence-electron chi connectivity index (χ1n) is 7.96. The molecule has 2 atom stereocenters. The highest BCUT2D eigenvalue weighted by molar-refractivity contribution is 4.78. The van der Waals surface area contributed by atoms with Gasteiger partial charge in [0.1, 0.15) is 0 Å². The summed E-state index contributed by atoms with van der Waals surface area (Å²) in [5, 5.41) is 19.3. The average molecular weight is 304 g/mol. The molecule has 124 valence electrons. The Morgan fingerprint density at radius 1 is 0.810 bits per heavy atom. The summed E-state index contributed by atoms with van der Waals surface area (Å²) in [6.07, 6.45) is 5.55. The van der Waals surface area contributed by atoms with Crippen LogP contribution < -0.4 is 0 Å². The third-order valence-electron chi connectivity index (χ3n) is 4.10. The molecule has 0 amide bonds. The van der Waals surface area contributed by atoms with Crippen LogP contribution in [-0.2, 0) is 18.9 Å². The van der Waals surface area contributed by atoms with Crippen LogP contribution in [0.1, 0.15) is 38.5 Å². The van der Waals surface area contributed by atoms with Crippen molar-refractivity contribution < 1.29 is 29.2 Å². The van der Waals surface area contributed by atoms with Crippen molar-refractivity contribution in [3.63, 3.8) is 0 Å². The van der Waals surface area contributed by atoms with Crippen LogP contribution in [0.5, 0.6) is 0 Å². The Kier molecular flexibility index (Phi) is 7.36. The van der Waals surface area contributed by atoms with Crippen molar-refractivity contribution in [3.05, 3.63) is 0 Å². The Morgan fingerprint density at radius 2 is 1.29 bits per heavy atom. The lowest BCUT2D eigenvalue weighted by atomic mass is 9.92. The zero-order valence-corrected chi connectivity index (χ0v) is 12.7. The number of hydrogen-bond acceptors (Lipinski definition) is 6. The smallest absolute Gasteiger partial charge is 0.157 e. The summed E-state index contributed by atoms with van der Waals surface area (Å²) in [6.45, 7) is 1.48. The highest BCUT2D eigenvalue weighted by Gasteiger charge is 2.33. The molecule has 0 aromatic rings. The molecule has 6 heteroatoms. The van der Waals surface area contributed by atoms with Gasteiger partial charge in [0.2, 0.25) is 0 Å². The minimum absolute atomic E-state index is 0.192. The first-order chi connectivity index (χ1) is 10.3. The number of aliphatic hydroxyl groups is 2. The van der Waals surface area contributed by atoms with Gasteiger partial charge >= 0.3 is 0 Å². The Hall–Kier alpha value is -0.240. The molecule has 0 spiro atoms. The highest BCUT2D eigenvalue weighted by atomic mass is 16.7. The van der Waals surface area contributed by atoms with Gasteiger partial charge in [-0.3, -0.25) is 0 Å². The molecule has 2 aliphatic rings. The summed E-state index contributed by atoms with van der Waals surface area (Å²) >= 11 is 0. The molecule has 0 aromatic carbocycles. The zero-order valence-electron chi connectivity index (χ0n) is 12.7. The molecule has 21 heavy (non-hydrogen) atoms. The van der Waals surface area contributed by atoms with E-state index in [1.165, 1.54) is 0 Å². The molecular weight excluding hydrogens is 276 g/mol. The maximum absolute atomic E-state index is 9.63. The van der Waals surface area contributed by atoms with Crippen LogP contribution in [0.3, 0.4) is 0 Å². The first-order valence-corrected chi connectivity index (χ1v) is 7.96. The summed E-state index contributed by atoms with van der Waals surface area (Å²) < 4.78 is 22.4. The standard InChI is InChI=1S/C15H28O6/c16-9-15(10-17,11-20-13-5-1-3-7-18-13)12-21-14-6-2-4-8-19-14/h13-14,16-17H,1-12H2. The van der Waals surface area contributed by atoms with Crippen LogP contribution >= 0.6 is 0 Å². The summed E-state index contributed by atoms with van der Waals surface area (Å²) in [6, 6.07) is 0. The summed E-state index contributed by atoms with van der Waals surface area (Å²) in [4.78, 5) is 0. The van der Waals surface area contributed by atoms with Crippen molar-refractivity contribution in [2.24, 2.45) is 5.41 Å². The van der Waals surface area contributed by atoms with E-state index in [0.29, 0.717) is 13.2 Å². The summed E-state index contributed by atoms with van der Waals surface area (Å²) in [5.74, 6) is 0. The fourth-order valence-electron chi connectivity index (χ4n) is 2.50. The molecule has 2 fully saturated rings. The zero-order chi connectivity index (χ0) is 15.0. The minimum Gasteiger partial charge on any atom is -0.396 e. The van der Waals surface area contributed by atoms with E-state index in [1.54, 1.807) is 0 Å². The molecule has 2 N–H and O–H groups in total. The monoisotopic (exact) mass is 304 g/mol. The molecule has 0 aliphatic carbocycles. The second kappa shape index (κ2) is 9.02. The fraction of sp³-hybridized carbons (Fsp3) is 1.00. The molecule has 2 heterocycles. The molecular formula is C15H28O6. The predicted molar refractivity (Wildman–Crippen MR) is 75.7 cm³/mol. The molecule has 2 rings (SSSR count). The topological polar surface area (TPSA) is 77.4 Å². The summed E-state index contributed by atoms with van der Waals surface area (Å²) in [5.41, 5.74) is -0.804. The second-order valence-corrected chi connectivity index (χ2v) is 6.03. The summed E-state index contributed by atoms with van der Waals surface area (Å²) in [7, 11) is 0. The van der Waals surface area contributed by atoms with Crippen LogP contribution in [0.25, 0.3) is 0 Å². The van der Waals surface area contributed by atoms with Crippen molar-refractivity contribution in [2.45, 2.75) is 51.1 Å². The van der Waals surface area contributed by atoms with Crippen LogP contribution in [0.4, 0.5) is 0 Å². The van der Waals surface area contributed by atoms with Crippen LogP contribution in [-0.4, -0.2) is 62.4 Å². The van der Waals surface area contributed by atoms with Gasteiger partial charge < -0.3 is 29.2 Å².